The first kappa shape index (κ1) is 44.0. The number of quaternary nitrogens is 1. The number of primary amides is 1. The van der Waals surface area contributed by atoms with Crippen LogP contribution < -0.4 is 48.6 Å². The van der Waals surface area contributed by atoms with Gasteiger partial charge >= 0.3 is 5.91 Å². The largest absolute Gasteiger partial charge is 1.00 e. The van der Waals surface area contributed by atoms with Crippen molar-refractivity contribution in [3.63, 3.8) is 0 Å². The van der Waals surface area contributed by atoms with Crippen molar-refractivity contribution in [2.75, 3.05) is 34.2 Å². The van der Waals surface area contributed by atoms with Crippen LogP contribution in [0, 0.1) is 11.6 Å². The van der Waals surface area contributed by atoms with Gasteiger partial charge in [0.25, 0.3) is 5.91 Å². The van der Waals surface area contributed by atoms with Crippen LogP contribution in [0.25, 0.3) is 22.5 Å². The molecule has 6 rings (SSSR count). The highest BCUT2D eigenvalue weighted by Crippen LogP contribution is 2.31. The van der Waals surface area contributed by atoms with Gasteiger partial charge in [-0.15, -0.1) is 0 Å². The average Bonchev–Trinajstić information content (AvgIpc) is 3.18. The van der Waals surface area contributed by atoms with Gasteiger partial charge in [0.2, 0.25) is 0 Å². The number of benzene rings is 4. The van der Waals surface area contributed by atoms with Gasteiger partial charge in [0.05, 0.1) is 45.4 Å². The fraction of sp³-hybridized carbons (Fsp3) is 0.128. The normalized spacial score (nSPS) is 10.0. The summed E-state index contributed by atoms with van der Waals surface area (Å²) < 4.78 is 46.8. The topological polar surface area (TPSA) is 202 Å². The molecule has 0 radical (unpaired) electrons. The molecule has 0 aliphatic heterocycles. The van der Waals surface area contributed by atoms with Gasteiger partial charge in [-0.3, -0.25) is 10.5 Å². The minimum absolute atomic E-state index is 0. The third kappa shape index (κ3) is 11.8. The summed E-state index contributed by atoms with van der Waals surface area (Å²) in [5.41, 5.74) is 19.5. The number of nitrogens with zero attached hydrogens (tertiary/aromatic N) is 4. The monoisotopic (exact) mass is 807 g/mol. The van der Waals surface area contributed by atoms with E-state index in [1.54, 1.807) is 54.6 Å². The van der Waals surface area contributed by atoms with E-state index < -0.39 is 5.91 Å². The van der Waals surface area contributed by atoms with Crippen molar-refractivity contribution < 1.29 is 55.5 Å². The quantitative estimate of drug-likeness (QED) is 0.136. The minimum atomic E-state index is -0.562. The molecule has 17 heteroatoms. The standard InChI is InChI=1S/C20H18FN3O3.C11H8ClFN2O.C8H10N2O2.ClH/c1-26-18-6-3-12(8-16(18)20(22)25)7-14-10-17(24-11-23-14)15-5-4-13(21)9-19(15)27-2;1-16-10-4-7(13)2-3-8(10)9-5-11(12)15-6-14-9;1-12-7-3-2-5(9)4-6(7)8(10)11;/h3-6,8-11H,7H2,1-2H3,(H2,22,25);2-6H,1H3;2-4H,9H2,1H3,(H2,10,11);1H. The number of hydrogen-bond donors (Lipinski definition) is 3. The van der Waals surface area contributed by atoms with Gasteiger partial charge in [0.1, 0.15) is 58.0 Å². The predicted octanol–water partition coefficient (Wildman–Crippen LogP) is 2.60. The molecule has 0 saturated carbocycles. The van der Waals surface area contributed by atoms with Crippen molar-refractivity contribution in [2.45, 2.75) is 6.42 Å². The van der Waals surface area contributed by atoms with Crippen molar-refractivity contribution in [1.29, 1.82) is 0 Å². The SMILES string of the molecule is COc1cc(F)ccc1-c1cc(Cl)ncn1.COc1ccc(Cc2cc(-c3ccc(F)cc3OC)ncn2)cc1C(N)=O.COc1ccc(N)cc1C([NH3+])=O.[Cl-]. The van der Waals surface area contributed by atoms with E-state index in [0.29, 0.717) is 73.9 Å². The van der Waals surface area contributed by atoms with Gasteiger partial charge in [-0.05, 0) is 66.2 Å². The van der Waals surface area contributed by atoms with Gasteiger partial charge in [0, 0.05) is 47.1 Å². The Kier molecular flexibility index (Phi) is 16.4. The van der Waals surface area contributed by atoms with E-state index in [1.165, 1.54) is 65.4 Å². The molecule has 0 saturated heterocycles. The molecule has 0 aliphatic rings. The Morgan fingerprint density at radius 1 is 0.661 bits per heavy atom. The molecule has 6 aromatic rings. The molecule has 2 aromatic heterocycles. The van der Waals surface area contributed by atoms with Crippen LogP contribution in [-0.4, -0.2) is 60.2 Å². The summed E-state index contributed by atoms with van der Waals surface area (Å²) in [6.07, 6.45) is 3.25. The molecule has 13 nitrogen and oxygen atoms in total. The maximum absolute atomic E-state index is 13.4. The van der Waals surface area contributed by atoms with Crippen molar-refractivity contribution in [1.82, 2.24) is 19.9 Å². The summed E-state index contributed by atoms with van der Waals surface area (Å²) in [7, 11) is 5.93. The number of methoxy groups -OCH3 is 4. The fourth-order valence-electron chi connectivity index (χ4n) is 5.09. The summed E-state index contributed by atoms with van der Waals surface area (Å²) in [4.78, 5) is 38.9. The van der Waals surface area contributed by atoms with Gasteiger partial charge in [-0.1, -0.05) is 17.7 Å². The lowest BCUT2D eigenvalue weighted by atomic mass is 10.0. The number of carbonyl (C=O) groups excluding carboxylic acids is 2. The molecule has 4 aromatic carbocycles. The average molecular weight is 809 g/mol. The molecule has 0 fully saturated rings. The Labute approximate surface area is 332 Å². The summed E-state index contributed by atoms with van der Waals surface area (Å²) in [6, 6.07) is 22.0. The van der Waals surface area contributed by atoms with Crippen LogP contribution in [0.4, 0.5) is 14.5 Å². The highest BCUT2D eigenvalue weighted by molar-refractivity contribution is 6.29. The summed E-state index contributed by atoms with van der Waals surface area (Å²) in [5.74, 6) is 0.125. The molecular formula is C39H37Cl2F2N7O6. The number of nitrogens with two attached hydrogens (primary N) is 2. The van der Waals surface area contributed by atoms with E-state index in [1.807, 2.05) is 6.07 Å². The Bertz CT molecular complexity index is 2300. The zero-order chi connectivity index (χ0) is 40.1. The van der Waals surface area contributed by atoms with E-state index in [2.05, 4.69) is 25.7 Å². The van der Waals surface area contributed by atoms with Gasteiger partial charge in [-0.2, -0.15) is 0 Å². The van der Waals surface area contributed by atoms with Crippen LogP contribution in [0.1, 0.15) is 32.0 Å². The highest BCUT2D eigenvalue weighted by atomic mass is 35.5. The molecule has 7 N–H and O–H groups in total. The van der Waals surface area contributed by atoms with Crippen LogP contribution in [-0.2, 0) is 6.42 Å². The molecular weight excluding hydrogens is 771 g/mol. The number of anilines is 1. The first-order valence-electron chi connectivity index (χ1n) is 16.1. The predicted molar refractivity (Wildman–Crippen MR) is 202 cm³/mol. The smallest absolute Gasteiger partial charge is 0.344 e. The first-order valence-corrected chi connectivity index (χ1v) is 16.5. The van der Waals surface area contributed by atoms with Crippen LogP contribution in [0.3, 0.4) is 0 Å². The van der Waals surface area contributed by atoms with Crippen molar-refractivity contribution in [2.24, 2.45) is 5.73 Å². The van der Waals surface area contributed by atoms with Crippen molar-refractivity contribution in [3.8, 4) is 45.5 Å². The van der Waals surface area contributed by atoms with Gasteiger partial charge < -0.3 is 42.8 Å². The Hall–Kier alpha value is -6.42. The van der Waals surface area contributed by atoms with E-state index in [9.17, 15) is 18.4 Å². The molecule has 292 valence electrons. The highest BCUT2D eigenvalue weighted by Gasteiger charge is 2.14. The molecule has 2 amide bonds. The van der Waals surface area contributed by atoms with Crippen molar-refractivity contribution in [3.05, 3.63) is 137 Å². The summed E-state index contributed by atoms with van der Waals surface area (Å²) >= 11 is 5.76. The molecule has 56 heavy (non-hydrogen) atoms. The Morgan fingerprint density at radius 2 is 1.18 bits per heavy atom. The third-order valence-corrected chi connectivity index (χ3v) is 7.88. The second kappa shape index (κ2) is 20.9. The molecule has 0 bridgehead atoms. The maximum Gasteiger partial charge on any atom is 0.344 e. The van der Waals surface area contributed by atoms with Gasteiger partial charge in [0.15, 0.2) is 0 Å². The number of amides is 2. The fourth-order valence-corrected chi connectivity index (χ4v) is 5.23. The second-order valence-electron chi connectivity index (χ2n) is 11.3. The van der Waals surface area contributed by atoms with Crippen molar-refractivity contribution >= 4 is 29.1 Å². The van der Waals surface area contributed by atoms with E-state index >= 15 is 0 Å². The van der Waals surface area contributed by atoms with Crippen LogP contribution in [0.5, 0.6) is 23.0 Å². The van der Waals surface area contributed by atoms with Crippen LogP contribution in [0.2, 0.25) is 5.15 Å². The van der Waals surface area contributed by atoms with E-state index in [4.69, 9.17) is 42.0 Å². The number of nitrogen functional groups attached to an aromatic ring is 1. The van der Waals surface area contributed by atoms with Gasteiger partial charge in [-0.25, -0.2) is 33.5 Å². The number of ether oxygens (including phenoxy) is 4. The minimum Gasteiger partial charge on any atom is -1.00 e. The third-order valence-electron chi connectivity index (χ3n) is 7.68. The molecule has 0 aliphatic carbocycles. The lowest BCUT2D eigenvalue weighted by Crippen LogP contribution is -3.00. The maximum atomic E-state index is 13.4. The number of carbonyl (C=O) groups is 2. The van der Waals surface area contributed by atoms with Crippen LogP contribution >= 0.6 is 11.6 Å². The zero-order valence-electron chi connectivity index (χ0n) is 30.6. The molecule has 0 unspecified atom stereocenters. The zero-order valence-corrected chi connectivity index (χ0v) is 32.1. The Morgan fingerprint density at radius 3 is 1.70 bits per heavy atom. The van der Waals surface area contributed by atoms with E-state index in [-0.39, 0.29) is 29.9 Å². The second-order valence-corrected chi connectivity index (χ2v) is 11.7. The molecule has 0 atom stereocenters. The number of hydrogen-bond acceptors (Lipinski definition) is 11. The molecule has 0 spiro atoms. The lowest BCUT2D eigenvalue weighted by molar-refractivity contribution is -0.255. The van der Waals surface area contributed by atoms with Crippen LogP contribution in [0.15, 0.2) is 97.6 Å². The number of halogens is 4. The lowest BCUT2D eigenvalue weighted by Gasteiger charge is -2.10. The first-order chi connectivity index (χ1) is 26.4. The number of aromatic nitrogens is 4. The Balaban J connectivity index is 0.000000246. The summed E-state index contributed by atoms with van der Waals surface area (Å²) in [6.45, 7) is 0. The van der Waals surface area contributed by atoms with E-state index in [0.717, 1.165) is 11.3 Å². The number of rotatable bonds is 10. The summed E-state index contributed by atoms with van der Waals surface area (Å²) in [5, 5.41) is 0.330. The molecule has 2 heterocycles.